The summed E-state index contributed by atoms with van der Waals surface area (Å²) in [5.41, 5.74) is 8.91. The first kappa shape index (κ1) is 24.0. The van der Waals surface area contributed by atoms with Crippen LogP contribution in [0.4, 0.5) is 0 Å². The number of methoxy groups -OCH3 is 1. The SMILES string of the molecule is C=CC1CN2CCC1CC2C(N)c1ccnc2ccc(OC)cc12.Cl.Cl.Cl. The maximum atomic E-state index is 6.76. The molecule has 3 fully saturated rings. The third-order valence-corrected chi connectivity index (χ3v) is 5.91. The highest BCUT2D eigenvalue weighted by molar-refractivity contribution is 5.86. The lowest BCUT2D eigenvalue weighted by atomic mass is 9.73. The van der Waals surface area contributed by atoms with Gasteiger partial charge in [0.2, 0.25) is 0 Å². The number of nitrogens with two attached hydrogens (primary N) is 1. The molecule has 0 saturated carbocycles. The summed E-state index contributed by atoms with van der Waals surface area (Å²) in [7, 11) is 1.69. The molecule has 4 nitrogen and oxygen atoms in total. The zero-order valence-electron chi connectivity index (χ0n) is 15.4. The highest BCUT2D eigenvalue weighted by Crippen LogP contribution is 2.41. The van der Waals surface area contributed by atoms with E-state index in [0.717, 1.165) is 42.1 Å². The monoisotopic (exact) mass is 431 g/mol. The van der Waals surface area contributed by atoms with Crippen molar-refractivity contribution in [1.82, 2.24) is 9.88 Å². The van der Waals surface area contributed by atoms with Crippen LogP contribution in [0, 0.1) is 11.8 Å². The molecule has 0 spiro atoms. The van der Waals surface area contributed by atoms with Gasteiger partial charge in [0.15, 0.2) is 0 Å². The Balaban J connectivity index is 0.00000121. The Morgan fingerprint density at radius 2 is 2.07 bits per heavy atom. The van der Waals surface area contributed by atoms with Crippen LogP contribution < -0.4 is 10.5 Å². The fourth-order valence-corrected chi connectivity index (χ4v) is 4.52. The fraction of sp³-hybridized carbons (Fsp3) is 0.450. The van der Waals surface area contributed by atoms with Crippen LogP contribution in [0.5, 0.6) is 5.75 Å². The molecular weight excluding hydrogens is 405 g/mol. The molecule has 1 aromatic heterocycles. The van der Waals surface area contributed by atoms with Crippen molar-refractivity contribution in [2.75, 3.05) is 20.2 Å². The standard InChI is InChI=1S/C20H25N3O.3ClH/c1-3-13-12-23-9-7-14(13)10-19(23)20(21)16-6-8-22-18-5-4-15(24-2)11-17(16)18;;;/h3-6,8,11,13-14,19-20H,1,7,9-10,12,21H2,2H3;3*1H. The van der Waals surface area contributed by atoms with Crippen LogP contribution in [0.15, 0.2) is 43.1 Å². The van der Waals surface area contributed by atoms with Gasteiger partial charge < -0.3 is 10.5 Å². The van der Waals surface area contributed by atoms with E-state index in [9.17, 15) is 0 Å². The van der Waals surface area contributed by atoms with Crippen molar-refractivity contribution in [2.45, 2.75) is 24.9 Å². The van der Waals surface area contributed by atoms with Crippen molar-refractivity contribution in [1.29, 1.82) is 0 Å². The molecule has 7 heteroatoms. The largest absolute Gasteiger partial charge is 0.497 e. The van der Waals surface area contributed by atoms with E-state index in [1.165, 1.54) is 12.0 Å². The number of piperidine rings is 3. The zero-order chi connectivity index (χ0) is 16.7. The Morgan fingerprint density at radius 1 is 1.30 bits per heavy atom. The van der Waals surface area contributed by atoms with Crippen molar-refractivity contribution < 1.29 is 4.74 Å². The zero-order valence-corrected chi connectivity index (χ0v) is 17.9. The first-order chi connectivity index (χ1) is 11.7. The van der Waals surface area contributed by atoms with Gasteiger partial charge in [-0.15, -0.1) is 43.8 Å². The van der Waals surface area contributed by atoms with Gasteiger partial charge in [-0.25, -0.2) is 0 Å². The number of hydrogen-bond acceptors (Lipinski definition) is 4. The molecule has 0 aliphatic carbocycles. The van der Waals surface area contributed by atoms with Crippen LogP contribution in [-0.4, -0.2) is 36.1 Å². The average Bonchev–Trinajstić information content (AvgIpc) is 2.66. The molecule has 5 atom stereocenters. The number of halogens is 3. The Bertz CT molecular complexity index is 773. The molecule has 2 bridgehead atoms. The summed E-state index contributed by atoms with van der Waals surface area (Å²) in [4.78, 5) is 7.04. The maximum Gasteiger partial charge on any atom is 0.119 e. The van der Waals surface area contributed by atoms with Crippen molar-refractivity contribution in [3.05, 3.63) is 48.7 Å². The molecule has 150 valence electrons. The van der Waals surface area contributed by atoms with Crippen LogP contribution in [0.3, 0.4) is 0 Å². The first-order valence-electron chi connectivity index (χ1n) is 8.76. The molecule has 0 radical (unpaired) electrons. The molecule has 5 rings (SSSR count). The lowest BCUT2D eigenvalue weighted by Gasteiger charge is -2.51. The first-order valence-corrected chi connectivity index (χ1v) is 8.76. The van der Waals surface area contributed by atoms with Gasteiger partial charge in [-0.3, -0.25) is 9.88 Å². The fourth-order valence-electron chi connectivity index (χ4n) is 4.52. The summed E-state index contributed by atoms with van der Waals surface area (Å²) in [5.74, 6) is 2.20. The summed E-state index contributed by atoms with van der Waals surface area (Å²) in [6.45, 7) is 6.26. The second-order valence-electron chi connectivity index (χ2n) is 7.06. The molecule has 3 aliphatic rings. The quantitative estimate of drug-likeness (QED) is 0.727. The Kier molecular flexibility index (Phi) is 8.84. The Morgan fingerprint density at radius 3 is 2.70 bits per heavy atom. The number of benzene rings is 1. The summed E-state index contributed by atoms with van der Waals surface area (Å²) >= 11 is 0. The van der Waals surface area contributed by atoms with Gasteiger partial charge in [0, 0.05) is 30.2 Å². The normalized spacial score (nSPS) is 26.9. The van der Waals surface area contributed by atoms with Crippen LogP contribution in [0.25, 0.3) is 10.9 Å². The molecule has 0 amide bonds. The number of ether oxygens (including phenoxy) is 1. The number of pyridine rings is 1. The van der Waals surface area contributed by atoms with Gasteiger partial charge in [-0.05, 0) is 61.1 Å². The topological polar surface area (TPSA) is 51.4 Å². The summed E-state index contributed by atoms with van der Waals surface area (Å²) in [5, 5.41) is 1.10. The Labute approximate surface area is 179 Å². The molecule has 1 aromatic carbocycles. The third-order valence-electron chi connectivity index (χ3n) is 5.91. The van der Waals surface area contributed by atoms with Gasteiger partial charge in [0.25, 0.3) is 0 Å². The predicted octanol–water partition coefficient (Wildman–Crippen LogP) is 4.41. The molecule has 2 aromatic rings. The highest BCUT2D eigenvalue weighted by atomic mass is 35.5. The summed E-state index contributed by atoms with van der Waals surface area (Å²) in [6, 6.07) is 8.48. The third kappa shape index (κ3) is 4.36. The van der Waals surface area contributed by atoms with Gasteiger partial charge >= 0.3 is 0 Å². The van der Waals surface area contributed by atoms with E-state index in [0.29, 0.717) is 12.0 Å². The maximum absolute atomic E-state index is 6.76. The van der Waals surface area contributed by atoms with Gasteiger partial charge in [-0.2, -0.15) is 0 Å². The van der Waals surface area contributed by atoms with E-state index in [1.807, 2.05) is 18.3 Å². The van der Waals surface area contributed by atoms with Crippen LogP contribution in [0.2, 0.25) is 0 Å². The summed E-state index contributed by atoms with van der Waals surface area (Å²) < 4.78 is 5.39. The molecule has 5 unspecified atom stereocenters. The van der Waals surface area contributed by atoms with E-state index in [4.69, 9.17) is 10.5 Å². The van der Waals surface area contributed by atoms with Gasteiger partial charge in [0.1, 0.15) is 5.75 Å². The van der Waals surface area contributed by atoms with E-state index in [2.05, 4.69) is 34.7 Å². The van der Waals surface area contributed by atoms with Crippen LogP contribution in [-0.2, 0) is 0 Å². The lowest BCUT2D eigenvalue weighted by Crippen LogP contribution is -2.56. The minimum atomic E-state index is -0.00354. The number of nitrogens with zero attached hydrogens (tertiary/aromatic N) is 2. The van der Waals surface area contributed by atoms with Crippen molar-refractivity contribution in [3.63, 3.8) is 0 Å². The Hall–Kier alpha value is -1.04. The van der Waals surface area contributed by atoms with E-state index < -0.39 is 0 Å². The molecular formula is C20H28Cl3N3O. The molecule has 3 aliphatic heterocycles. The van der Waals surface area contributed by atoms with E-state index in [-0.39, 0.29) is 43.3 Å². The van der Waals surface area contributed by atoms with Crippen LogP contribution in [0.1, 0.15) is 24.4 Å². The smallest absolute Gasteiger partial charge is 0.119 e. The van der Waals surface area contributed by atoms with Crippen molar-refractivity contribution in [2.24, 2.45) is 17.6 Å². The predicted molar refractivity (Wildman–Crippen MR) is 119 cm³/mol. The second kappa shape index (κ2) is 9.94. The van der Waals surface area contributed by atoms with Crippen LogP contribution >= 0.6 is 37.2 Å². The number of hydrogen-bond donors (Lipinski definition) is 1. The number of aromatic nitrogens is 1. The average molecular weight is 433 g/mol. The minimum absolute atomic E-state index is 0. The number of rotatable bonds is 4. The second-order valence-corrected chi connectivity index (χ2v) is 7.06. The van der Waals surface area contributed by atoms with Crippen molar-refractivity contribution >= 4 is 48.1 Å². The number of fused-ring (bicyclic) bond motifs is 4. The summed E-state index contributed by atoms with van der Waals surface area (Å²) in [6.07, 6.45) is 6.43. The molecule has 27 heavy (non-hydrogen) atoms. The van der Waals surface area contributed by atoms with Crippen molar-refractivity contribution in [3.8, 4) is 5.75 Å². The lowest BCUT2D eigenvalue weighted by molar-refractivity contribution is 0.00749. The van der Waals surface area contributed by atoms with E-state index in [1.54, 1.807) is 7.11 Å². The van der Waals surface area contributed by atoms with Gasteiger partial charge in [0.05, 0.1) is 12.6 Å². The molecule has 2 N–H and O–H groups in total. The molecule has 3 saturated heterocycles. The highest BCUT2D eigenvalue weighted by Gasteiger charge is 2.41. The minimum Gasteiger partial charge on any atom is -0.497 e. The van der Waals surface area contributed by atoms with E-state index >= 15 is 0 Å². The molecule has 4 heterocycles. The van der Waals surface area contributed by atoms with Gasteiger partial charge in [-0.1, -0.05) is 6.08 Å².